The normalized spacial score (nSPS) is 19.4. The quantitative estimate of drug-likeness (QED) is 0.921. The second-order valence-corrected chi connectivity index (χ2v) is 7.04. The van der Waals surface area contributed by atoms with Crippen LogP contribution in [0.15, 0.2) is 16.9 Å². The topological polar surface area (TPSA) is 36.1 Å². The van der Waals surface area contributed by atoms with Crippen LogP contribution in [-0.2, 0) is 6.54 Å². The van der Waals surface area contributed by atoms with Gasteiger partial charge in [0.15, 0.2) is 5.43 Å². The second-order valence-electron chi connectivity index (χ2n) is 7.04. The average molecular weight is 312 g/mol. The van der Waals surface area contributed by atoms with Crippen LogP contribution < -0.4 is 5.43 Å². The molecule has 3 heteroatoms. The van der Waals surface area contributed by atoms with Gasteiger partial charge in [-0.25, -0.2) is 0 Å². The predicted molar refractivity (Wildman–Crippen MR) is 97.1 cm³/mol. The fourth-order valence-corrected chi connectivity index (χ4v) is 3.97. The first-order valence-corrected chi connectivity index (χ1v) is 8.88. The number of rotatable bonds is 3. The summed E-state index contributed by atoms with van der Waals surface area (Å²) in [6, 6.07) is 4.77. The number of aryl methyl sites for hydroxylation is 3. The zero-order valence-electron chi connectivity index (χ0n) is 14.8. The van der Waals surface area contributed by atoms with Crippen molar-refractivity contribution in [3.8, 4) is 0 Å². The van der Waals surface area contributed by atoms with E-state index in [4.69, 9.17) is 0 Å². The number of piperidine rings is 1. The lowest BCUT2D eigenvalue weighted by atomic mass is 9.97. The molecule has 1 N–H and O–H groups in total. The molecule has 1 aliphatic heterocycles. The fraction of sp³-hybridized carbons (Fsp3) is 0.550. The minimum absolute atomic E-state index is 0.220. The molecule has 1 aromatic carbocycles. The van der Waals surface area contributed by atoms with E-state index in [1.165, 1.54) is 25.7 Å². The molecule has 0 bridgehead atoms. The van der Waals surface area contributed by atoms with Crippen molar-refractivity contribution in [1.29, 1.82) is 0 Å². The summed E-state index contributed by atoms with van der Waals surface area (Å²) in [6.07, 6.45) is 5.00. The third-order valence-electron chi connectivity index (χ3n) is 5.47. The maximum absolute atomic E-state index is 13.1. The molecule has 124 valence electrons. The number of nitrogens with zero attached hydrogens (tertiary/aromatic N) is 1. The lowest BCUT2D eigenvalue weighted by Gasteiger charge is -2.35. The molecule has 1 fully saturated rings. The maximum atomic E-state index is 13.1. The summed E-state index contributed by atoms with van der Waals surface area (Å²) in [4.78, 5) is 19.2. The van der Waals surface area contributed by atoms with Crippen molar-refractivity contribution in [1.82, 2.24) is 9.88 Å². The molecule has 0 radical (unpaired) electrons. The van der Waals surface area contributed by atoms with E-state index in [2.05, 4.69) is 35.9 Å². The van der Waals surface area contributed by atoms with Gasteiger partial charge in [-0.2, -0.15) is 0 Å². The first-order chi connectivity index (χ1) is 11.0. The Morgan fingerprint density at radius 2 is 1.91 bits per heavy atom. The molecule has 3 nitrogen and oxygen atoms in total. The van der Waals surface area contributed by atoms with Crippen LogP contribution in [-0.4, -0.2) is 22.5 Å². The maximum Gasteiger partial charge on any atom is 0.194 e. The molecule has 23 heavy (non-hydrogen) atoms. The highest BCUT2D eigenvalue weighted by atomic mass is 16.1. The smallest absolute Gasteiger partial charge is 0.194 e. The SMILES string of the molecule is CCC1CCCCN1Cc1c(C)[nH]c2c(C)ccc(C)c2c1=O. The van der Waals surface area contributed by atoms with Gasteiger partial charge in [-0.1, -0.05) is 25.5 Å². The van der Waals surface area contributed by atoms with Gasteiger partial charge in [0.05, 0.1) is 5.52 Å². The highest BCUT2D eigenvalue weighted by molar-refractivity contribution is 5.85. The van der Waals surface area contributed by atoms with Crippen LogP contribution in [0.2, 0.25) is 0 Å². The van der Waals surface area contributed by atoms with Crippen molar-refractivity contribution in [2.45, 2.75) is 66.0 Å². The lowest BCUT2D eigenvalue weighted by Crippen LogP contribution is -2.40. The average Bonchev–Trinajstić information content (AvgIpc) is 2.55. The molecule has 2 aromatic rings. The molecular weight excluding hydrogens is 284 g/mol. The highest BCUT2D eigenvalue weighted by Gasteiger charge is 2.23. The van der Waals surface area contributed by atoms with Gasteiger partial charge >= 0.3 is 0 Å². The third kappa shape index (κ3) is 2.94. The standard InChI is InChI=1S/C20H28N2O/c1-5-16-8-6-7-11-22(16)12-17-15(4)21-19-14(3)10-9-13(2)18(19)20(17)23/h9-10,16H,5-8,11-12H2,1-4H3,(H,21,23). The Morgan fingerprint density at radius 3 is 2.65 bits per heavy atom. The number of aromatic nitrogens is 1. The van der Waals surface area contributed by atoms with E-state index in [1.807, 2.05) is 13.8 Å². The van der Waals surface area contributed by atoms with Crippen LogP contribution in [0.5, 0.6) is 0 Å². The summed E-state index contributed by atoms with van der Waals surface area (Å²) in [7, 11) is 0. The monoisotopic (exact) mass is 312 g/mol. The summed E-state index contributed by atoms with van der Waals surface area (Å²) >= 11 is 0. The number of fused-ring (bicyclic) bond motifs is 1. The Kier molecular flexibility index (Phi) is 4.58. The number of H-pyrrole nitrogens is 1. The van der Waals surface area contributed by atoms with Gasteiger partial charge in [0, 0.05) is 29.2 Å². The van der Waals surface area contributed by atoms with E-state index in [-0.39, 0.29) is 5.43 Å². The van der Waals surface area contributed by atoms with Gasteiger partial charge in [-0.05, 0) is 57.7 Å². The summed E-state index contributed by atoms with van der Waals surface area (Å²) in [6.45, 7) is 10.3. The van der Waals surface area contributed by atoms with Crippen molar-refractivity contribution >= 4 is 10.9 Å². The van der Waals surface area contributed by atoms with Crippen molar-refractivity contribution in [3.63, 3.8) is 0 Å². The molecule has 0 amide bonds. The van der Waals surface area contributed by atoms with E-state index in [1.54, 1.807) is 0 Å². The van der Waals surface area contributed by atoms with E-state index < -0.39 is 0 Å². The largest absolute Gasteiger partial charge is 0.358 e. The van der Waals surface area contributed by atoms with Crippen LogP contribution in [0.3, 0.4) is 0 Å². The van der Waals surface area contributed by atoms with Crippen LogP contribution in [0.25, 0.3) is 10.9 Å². The predicted octanol–water partition coefficient (Wildman–Crippen LogP) is 4.22. The number of nitrogens with one attached hydrogen (secondary N) is 1. The van der Waals surface area contributed by atoms with E-state index in [0.29, 0.717) is 6.04 Å². The molecule has 0 saturated carbocycles. The van der Waals surface area contributed by atoms with Crippen molar-refractivity contribution in [2.24, 2.45) is 0 Å². The molecular formula is C20H28N2O. The van der Waals surface area contributed by atoms with Gasteiger partial charge in [-0.3, -0.25) is 9.69 Å². The third-order valence-corrected chi connectivity index (χ3v) is 5.47. The number of hydrogen-bond donors (Lipinski definition) is 1. The summed E-state index contributed by atoms with van der Waals surface area (Å²) in [5.74, 6) is 0. The number of likely N-dealkylation sites (tertiary alicyclic amines) is 1. The molecule has 1 unspecified atom stereocenters. The van der Waals surface area contributed by atoms with Crippen LogP contribution in [0.4, 0.5) is 0 Å². The van der Waals surface area contributed by atoms with E-state index in [9.17, 15) is 4.79 Å². The van der Waals surface area contributed by atoms with Crippen LogP contribution in [0.1, 0.15) is 55.0 Å². The van der Waals surface area contributed by atoms with E-state index >= 15 is 0 Å². The Morgan fingerprint density at radius 1 is 1.17 bits per heavy atom. The van der Waals surface area contributed by atoms with Gasteiger partial charge in [-0.15, -0.1) is 0 Å². The molecule has 0 spiro atoms. The number of benzene rings is 1. The molecule has 1 aliphatic rings. The van der Waals surface area contributed by atoms with Gasteiger partial charge in [0.2, 0.25) is 0 Å². The highest BCUT2D eigenvalue weighted by Crippen LogP contribution is 2.24. The van der Waals surface area contributed by atoms with Gasteiger partial charge in [0.1, 0.15) is 0 Å². The van der Waals surface area contributed by atoms with Gasteiger partial charge < -0.3 is 4.98 Å². The Hall–Kier alpha value is -1.61. The summed E-state index contributed by atoms with van der Waals surface area (Å²) < 4.78 is 0. The first-order valence-electron chi connectivity index (χ1n) is 8.88. The molecule has 1 atom stereocenters. The fourth-order valence-electron chi connectivity index (χ4n) is 3.97. The van der Waals surface area contributed by atoms with Crippen molar-refractivity contribution in [3.05, 3.63) is 44.7 Å². The Balaban J connectivity index is 2.08. The zero-order chi connectivity index (χ0) is 16.6. The van der Waals surface area contributed by atoms with Crippen LogP contribution >= 0.6 is 0 Å². The summed E-state index contributed by atoms with van der Waals surface area (Å²) in [5.41, 5.74) is 5.41. The molecule has 3 rings (SSSR count). The zero-order valence-corrected chi connectivity index (χ0v) is 14.8. The molecule has 2 heterocycles. The van der Waals surface area contributed by atoms with Crippen molar-refractivity contribution in [2.75, 3.05) is 6.54 Å². The minimum Gasteiger partial charge on any atom is -0.358 e. The number of aromatic amines is 1. The van der Waals surface area contributed by atoms with Gasteiger partial charge in [0.25, 0.3) is 0 Å². The van der Waals surface area contributed by atoms with Crippen molar-refractivity contribution < 1.29 is 0 Å². The molecule has 0 aliphatic carbocycles. The van der Waals surface area contributed by atoms with E-state index in [0.717, 1.165) is 46.4 Å². The Labute approximate surface area is 138 Å². The number of hydrogen-bond acceptors (Lipinski definition) is 2. The summed E-state index contributed by atoms with van der Waals surface area (Å²) in [5, 5.41) is 0.871. The first kappa shape index (κ1) is 16.3. The molecule has 1 aromatic heterocycles. The van der Waals surface area contributed by atoms with Crippen LogP contribution in [0, 0.1) is 20.8 Å². The Bertz CT molecular complexity index is 775. The number of pyridine rings is 1. The second kappa shape index (κ2) is 6.48. The minimum atomic E-state index is 0.220. The molecule has 1 saturated heterocycles. The lowest BCUT2D eigenvalue weighted by molar-refractivity contribution is 0.135.